The lowest BCUT2D eigenvalue weighted by molar-refractivity contribution is 0.694. The van der Waals surface area contributed by atoms with E-state index < -0.39 is 0 Å². The molecule has 86 valence electrons. The van der Waals surface area contributed by atoms with Gasteiger partial charge in [0.1, 0.15) is 0 Å². The number of imidazole rings is 1. The molecule has 0 unspecified atom stereocenters. The number of benzene rings is 1. The number of halogens is 1. The van der Waals surface area contributed by atoms with E-state index in [1.165, 1.54) is 0 Å². The summed E-state index contributed by atoms with van der Waals surface area (Å²) in [6, 6.07) is 5.81. The van der Waals surface area contributed by atoms with Crippen LogP contribution in [0.1, 0.15) is 6.42 Å². The largest absolute Gasteiger partial charge is 0.331 e. The second kappa shape index (κ2) is 5.25. The van der Waals surface area contributed by atoms with Gasteiger partial charge in [0.2, 0.25) is 0 Å². The molecule has 0 amide bonds. The van der Waals surface area contributed by atoms with Gasteiger partial charge >= 0.3 is 0 Å². The van der Waals surface area contributed by atoms with Crippen LogP contribution in [0.3, 0.4) is 0 Å². The summed E-state index contributed by atoms with van der Waals surface area (Å²) in [7, 11) is 0. The Labute approximate surface area is 109 Å². The normalized spacial score (nSPS) is 11.1. The van der Waals surface area contributed by atoms with E-state index in [2.05, 4.69) is 15.8 Å². The molecule has 0 aliphatic carbocycles. The number of hydrogen-bond donors (Lipinski definition) is 1. The van der Waals surface area contributed by atoms with Crippen molar-refractivity contribution in [3.63, 3.8) is 0 Å². The van der Waals surface area contributed by atoms with Crippen molar-refractivity contribution in [3.8, 4) is 0 Å². The highest BCUT2D eigenvalue weighted by molar-refractivity contribution is 7.98. The minimum absolute atomic E-state index is 0.750. The first-order chi connectivity index (χ1) is 7.72. The second-order valence-electron chi connectivity index (χ2n) is 3.59. The van der Waals surface area contributed by atoms with Crippen LogP contribution in [0.5, 0.6) is 0 Å². The Bertz CT molecular complexity index is 544. The van der Waals surface area contributed by atoms with Crippen LogP contribution in [0.4, 0.5) is 0 Å². The average Bonchev–Trinajstić information content (AvgIpc) is 2.56. The molecule has 0 aliphatic rings. The third kappa shape index (κ3) is 2.44. The summed E-state index contributed by atoms with van der Waals surface area (Å²) in [5.74, 6) is 1.15. The maximum Gasteiger partial charge on any atom is 0.178 e. The molecule has 0 radical (unpaired) electrons. The number of hydrogen-bond acceptors (Lipinski definition) is 2. The summed E-state index contributed by atoms with van der Waals surface area (Å²) < 4.78 is 2.89. The fourth-order valence-corrected chi connectivity index (χ4v) is 2.60. The molecule has 2 aromatic rings. The molecule has 1 aromatic heterocycles. The zero-order chi connectivity index (χ0) is 11.5. The summed E-state index contributed by atoms with van der Waals surface area (Å²) >= 11 is 13.2. The van der Waals surface area contributed by atoms with Gasteiger partial charge in [-0.25, -0.2) is 0 Å². The van der Waals surface area contributed by atoms with E-state index in [-0.39, 0.29) is 0 Å². The molecule has 2 nitrogen and oxygen atoms in total. The molecule has 0 spiro atoms. The van der Waals surface area contributed by atoms with E-state index in [4.69, 9.17) is 23.8 Å². The summed E-state index contributed by atoms with van der Waals surface area (Å²) in [6.07, 6.45) is 3.24. The summed E-state index contributed by atoms with van der Waals surface area (Å²) in [6.45, 7) is 0.944. The van der Waals surface area contributed by atoms with Crippen molar-refractivity contribution in [2.45, 2.75) is 13.0 Å². The molecular formula is C11H13ClN2S2. The van der Waals surface area contributed by atoms with Crippen LogP contribution in [0.2, 0.25) is 5.02 Å². The molecule has 1 heterocycles. The van der Waals surface area contributed by atoms with Gasteiger partial charge in [-0.1, -0.05) is 11.6 Å². The van der Waals surface area contributed by atoms with Crippen LogP contribution >= 0.6 is 35.6 Å². The van der Waals surface area contributed by atoms with Crippen molar-refractivity contribution in [3.05, 3.63) is 28.0 Å². The van der Waals surface area contributed by atoms with Crippen LogP contribution in [-0.4, -0.2) is 21.6 Å². The monoisotopic (exact) mass is 272 g/mol. The minimum Gasteiger partial charge on any atom is -0.331 e. The van der Waals surface area contributed by atoms with Crippen LogP contribution in [0.15, 0.2) is 18.2 Å². The van der Waals surface area contributed by atoms with E-state index in [1.54, 1.807) is 0 Å². The van der Waals surface area contributed by atoms with Crippen molar-refractivity contribution in [2.24, 2.45) is 0 Å². The zero-order valence-electron chi connectivity index (χ0n) is 9.00. The highest BCUT2D eigenvalue weighted by atomic mass is 35.5. The Balaban J connectivity index is 2.38. The zero-order valence-corrected chi connectivity index (χ0v) is 11.4. The Kier molecular flexibility index (Phi) is 3.95. The number of aromatic nitrogens is 2. The van der Waals surface area contributed by atoms with E-state index in [9.17, 15) is 0 Å². The summed E-state index contributed by atoms with van der Waals surface area (Å²) in [5, 5.41) is 0.750. The number of thioether (sulfide) groups is 1. The number of aromatic amines is 1. The first-order valence-corrected chi connectivity index (χ1v) is 7.27. The molecule has 0 saturated heterocycles. The molecule has 1 aromatic carbocycles. The van der Waals surface area contributed by atoms with Crippen molar-refractivity contribution in [1.29, 1.82) is 0 Å². The molecule has 16 heavy (non-hydrogen) atoms. The third-order valence-electron chi connectivity index (χ3n) is 2.47. The lowest BCUT2D eigenvalue weighted by atomic mass is 10.3. The van der Waals surface area contributed by atoms with E-state index in [0.717, 1.165) is 39.5 Å². The van der Waals surface area contributed by atoms with E-state index in [1.807, 2.05) is 30.0 Å². The Hall–Kier alpha value is -0.450. The smallest absolute Gasteiger partial charge is 0.178 e. The fraction of sp³-hybridized carbons (Fsp3) is 0.364. The first kappa shape index (κ1) is 12.0. The van der Waals surface area contributed by atoms with Gasteiger partial charge in [0.15, 0.2) is 4.77 Å². The number of aryl methyl sites for hydroxylation is 1. The Morgan fingerprint density at radius 3 is 3.06 bits per heavy atom. The average molecular weight is 273 g/mol. The molecular weight excluding hydrogens is 260 g/mol. The van der Waals surface area contributed by atoms with Crippen LogP contribution < -0.4 is 0 Å². The fourth-order valence-electron chi connectivity index (χ4n) is 1.71. The van der Waals surface area contributed by atoms with Gasteiger partial charge in [-0.15, -0.1) is 0 Å². The lowest BCUT2D eigenvalue weighted by Crippen LogP contribution is -1.98. The molecule has 5 heteroatoms. The predicted molar refractivity (Wildman–Crippen MR) is 75.1 cm³/mol. The van der Waals surface area contributed by atoms with Gasteiger partial charge in [0, 0.05) is 11.6 Å². The van der Waals surface area contributed by atoms with Crippen LogP contribution in [0, 0.1) is 4.77 Å². The van der Waals surface area contributed by atoms with Crippen molar-refractivity contribution in [1.82, 2.24) is 9.55 Å². The van der Waals surface area contributed by atoms with Crippen LogP contribution in [-0.2, 0) is 6.54 Å². The minimum atomic E-state index is 0.750. The van der Waals surface area contributed by atoms with E-state index >= 15 is 0 Å². The second-order valence-corrected chi connectivity index (χ2v) is 5.40. The summed E-state index contributed by atoms with van der Waals surface area (Å²) in [5.41, 5.74) is 2.15. The molecule has 0 fully saturated rings. The quantitative estimate of drug-likeness (QED) is 0.668. The highest BCUT2D eigenvalue weighted by Crippen LogP contribution is 2.19. The first-order valence-electron chi connectivity index (χ1n) is 5.09. The van der Waals surface area contributed by atoms with Crippen molar-refractivity contribution < 1.29 is 0 Å². The van der Waals surface area contributed by atoms with Crippen molar-refractivity contribution >= 4 is 46.6 Å². The van der Waals surface area contributed by atoms with E-state index in [0.29, 0.717) is 0 Å². The van der Waals surface area contributed by atoms with Gasteiger partial charge in [0.05, 0.1) is 11.0 Å². The standard InChI is InChI=1S/C11H13ClN2S2/c1-16-6-2-5-14-10-7-8(12)3-4-9(10)13-11(14)15/h3-4,7H,2,5-6H2,1H3,(H,13,15). The summed E-state index contributed by atoms with van der Waals surface area (Å²) in [4.78, 5) is 3.19. The van der Waals surface area contributed by atoms with Crippen molar-refractivity contribution in [2.75, 3.05) is 12.0 Å². The van der Waals surface area contributed by atoms with Gasteiger partial charge < -0.3 is 9.55 Å². The van der Waals surface area contributed by atoms with Gasteiger partial charge in [0.25, 0.3) is 0 Å². The van der Waals surface area contributed by atoms with Crippen LogP contribution in [0.25, 0.3) is 11.0 Å². The maximum absolute atomic E-state index is 6.00. The van der Waals surface area contributed by atoms with Gasteiger partial charge in [-0.3, -0.25) is 0 Å². The number of fused-ring (bicyclic) bond motifs is 1. The SMILES string of the molecule is CSCCCn1c(=S)[nH]c2ccc(Cl)cc21. The third-order valence-corrected chi connectivity index (χ3v) is 3.72. The Morgan fingerprint density at radius 2 is 2.31 bits per heavy atom. The molecule has 1 N–H and O–H groups in total. The molecule has 2 rings (SSSR count). The topological polar surface area (TPSA) is 20.7 Å². The molecule has 0 atom stereocenters. The molecule has 0 saturated carbocycles. The molecule has 0 bridgehead atoms. The number of nitrogens with one attached hydrogen (secondary N) is 1. The number of H-pyrrole nitrogens is 1. The Morgan fingerprint density at radius 1 is 1.50 bits per heavy atom. The maximum atomic E-state index is 6.00. The van der Waals surface area contributed by atoms with Gasteiger partial charge in [-0.05, 0) is 48.8 Å². The van der Waals surface area contributed by atoms with Gasteiger partial charge in [-0.2, -0.15) is 11.8 Å². The number of nitrogens with zero attached hydrogens (tertiary/aromatic N) is 1. The molecule has 0 aliphatic heterocycles. The number of rotatable bonds is 4. The predicted octanol–water partition coefficient (Wildman–Crippen LogP) is 4.11. The highest BCUT2D eigenvalue weighted by Gasteiger charge is 2.04. The lowest BCUT2D eigenvalue weighted by Gasteiger charge is -2.03.